The minimum atomic E-state index is -1.50. The van der Waals surface area contributed by atoms with Crippen molar-refractivity contribution in [3.63, 3.8) is 0 Å². The molecular weight excluding hydrogens is 536 g/mol. The summed E-state index contributed by atoms with van der Waals surface area (Å²) in [5.74, 6) is -7.65. The Kier molecular flexibility index (Phi) is 5.80. The van der Waals surface area contributed by atoms with Crippen LogP contribution in [0, 0.1) is 11.8 Å². The summed E-state index contributed by atoms with van der Waals surface area (Å²) >= 11 is 0. The molecule has 41 heavy (non-hydrogen) atoms. The van der Waals surface area contributed by atoms with Gasteiger partial charge in [-0.1, -0.05) is 12.1 Å². The zero-order valence-corrected chi connectivity index (χ0v) is 20.9. The Hall–Kier alpha value is -5.58. The van der Waals surface area contributed by atoms with Gasteiger partial charge in [0.15, 0.2) is 11.6 Å². The maximum Gasteiger partial charge on any atom is 0.178 e. The standard InChI is InChI=1S/C30H22O11/c31-13-3-1-12(2-4-13)29-25(27(38)23-19(36)8-15(33)10-21(23)40-29)26-28(39)24-20(37)9-16(34)11-22(24)41-30(26)17-6-5-14(32)7-18(17)35/h1-11,25-26,29-37H/t25-,26-,29-,30-/m1/s1. The fourth-order valence-corrected chi connectivity index (χ4v) is 5.55. The molecule has 0 bridgehead atoms. The summed E-state index contributed by atoms with van der Waals surface area (Å²) in [6.07, 6.45) is -2.65. The van der Waals surface area contributed by atoms with Crippen LogP contribution >= 0.6 is 0 Å². The van der Waals surface area contributed by atoms with E-state index in [9.17, 15) is 45.3 Å². The van der Waals surface area contributed by atoms with Gasteiger partial charge < -0.3 is 45.2 Å². The van der Waals surface area contributed by atoms with E-state index in [0.717, 1.165) is 30.3 Å². The lowest BCUT2D eigenvalue weighted by Crippen LogP contribution is -2.45. The van der Waals surface area contributed by atoms with Gasteiger partial charge in [-0.2, -0.15) is 0 Å². The maximum atomic E-state index is 14.2. The van der Waals surface area contributed by atoms with Crippen molar-refractivity contribution >= 4 is 11.6 Å². The molecule has 208 valence electrons. The van der Waals surface area contributed by atoms with Crippen molar-refractivity contribution in [1.82, 2.24) is 0 Å². The average molecular weight is 558 g/mol. The third-order valence-corrected chi connectivity index (χ3v) is 7.32. The molecule has 11 heteroatoms. The molecule has 2 aliphatic heterocycles. The molecule has 0 saturated heterocycles. The van der Waals surface area contributed by atoms with Crippen molar-refractivity contribution in [2.24, 2.45) is 11.8 Å². The summed E-state index contributed by atoms with van der Waals surface area (Å²) in [6.45, 7) is 0. The van der Waals surface area contributed by atoms with Crippen LogP contribution in [0.4, 0.5) is 0 Å². The van der Waals surface area contributed by atoms with Gasteiger partial charge in [-0.15, -0.1) is 0 Å². The zero-order chi connectivity index (χ0) is 29.2. The van der Waals surface area contributed by atoms with Crippen molar-refractivity contribution in [2.45, 2.75) is 12.2 Å². The van der Waals surface area contributed by atoms with Gasteiger partial charge in [0.2, 0.25) is 0 Å². The fraction of sp³-hybridized carbons (Fsp3) is 0.133. The number of hydrogen-bond acceptors (Lipinski definition) is 11. The van der Waals surface area contributed by atoms with Crippen LogP contribution in [-0.2, 0) is 0 Å². The van der Waals surface area contributed by atoms with Crippen LogP contribution in [0.15, 0.2) is 66.7 Å². The van der Waals surface area contributed by atoms with Gasteiger partial charge >= 0.3 is 0 Å². The first-order valence-corrected chi connectivity index (χ1v) is 12.4. The molecule has 0 aromatic heterocycles. The number of hydrogen-bond donors (Lipinski definition) is 7. The first-order valence-electron chi connectivity index (χ1n) is 12.4. The lowest BCUT2D eigenvalue weighted by molar-refractivity contribution is 0.0124. The number of ether oxygens (including phenoxy) is 2. The van der Waals surface area contributed by atoms with E-state index in [1.54, 1.807) is 0 Å². The molecule has 0 spiro atoms. The second kappa shape index (κ2) is 9.26. The van der Waals surface area contributed by atoms with Crippen LogP contribution < -0.4 is 9.47 Å². The topological polar surface area (TPSA) is 194 Å². The van der Waals surface area contributed by atoms with Crippen LogP contribution in [0.3, 0.4) is 0 Å². The highest BCUT2D eigenvalue weighted by molar-refractivity contribution is 6.11. The Labute approximate surface area is 231 Å². The van der Waals surface area contributed by atoms with Crippen LogP contribution in [0.1, 0.15) is 44.1 Å². The fourth-order valence-electron chi connectivity index (χ4n) is 5.55. The lowest BCUT2D eigenvalue weighted by Gasteiger charge is -2.42. The predicted octanol–water partition coefficient (Wildman–Crippen LogP) is 4.19. The highest BCUT2D eigenvalue weighted by Crippen LogP contribution is 2.54. The molecule has 2 heterocycles. The van der Waals surface area contributed by atoms with E-state index in [0.29, 0.717) is 5.56 Å². The SMILES string of the molecule is O=C1c2c(O)cc(O)cc2O[C@H](c2ccc(O)cc2)[C@@H]1[C@@H]1C(=O)c2c(O)cc(O)cc2O[C@@H]1c1ccc(O)cc1O. The summed E-state index contributed by atoms with van der Waals surface area (Å²) in [5.41, 5.74) is -0.269. The Morgan fingerprint density at radius 3 is 1.49 bits per heavy atom. The molecule has 4 aromatic rings. The van der Waals surface area contributed by atoms with Gasteiger partial charge in [0, 0.05) is 35.9 Å². The van der Waals surface area contributed by atoms with Crippen molar-refractivity contribution in [3.8, 4) is 51.7 Å². The Morgan fingerprint density at radius 2 is 0.951 bits per heavy atom. The molecule has 0 aliphatic carbocycles. The molecule has 0 amide bonds. The molecule has 0 fully saturated rings. The molecule has 4 atom stereocenters. The van der Waals surface area contributed by atoms with E-state index in [2.05, 4.69) is 0 Å². The van der Waals surface area contributed by atoms with Crippen molar-refractivity contribution in [2.75, 3.05) is 0 Å². The largest absolute Gasteiger partial charge is 0.508 e. The maximum absolute atomic E-state index is 14.2. The highest BCUT2D eigenvalue weighted by Gasteiger charge is 2.54. The number of carbonyl (C=O) groups is 2. The van der Waals surface area contributed by atoms with E-state index < -0.39 is 58.6 Å². The number of phenols is 7. The normalized spacial score (nSPS) is 21.4. The van der Waals surface area contributed by atoms with E-state index in [1.807, 2.05) is 0 Å². The Bertz CT molecular complexity index is 1730. The highest BCUT2D eigenvalue weighted by atomic mass is 16.5. The molecule has 7 N–H and O–H groups in total. The molecule has 2 aliphatic rings. The second-order valence-corrected chi connectivity index (χ2v) is 9.87. The van der Waals surface area contributed by atoms with Crippen molar-refractivity contribution in [3.05, 3.63) is 89.0 Å². The second-order valence-electron chi connectivity index (χ2n) is 9.87. The molecule has 6 rings (SSSR count). The van der Waals surface area contributed by atoms with E-state index >= 15 is 0 Å². The molecule has 11 nitrogen and oxygen atoms in total. The third-order valence-electron chi connectivity index (χ3n) is 7.32. The van der Waals surface area contributed by atoms with Gasteiger partial charge in [-0.3, -0.25) is 9.59 Å². The van der Waals surface area contributed by atoms with E-state index in [1.165, 1.54) is 36.4 Å². The smallest absolute Gasteiger partial charge is 0.178 e. The van der Waals surface area contributed by atoms with Crippen LogP contribution in [-0.4, -0.2) is 47.3 Å². The van der Waals surface area contributed by atoms with Crippen molar-refractivity contribution in [1.29, 1.82) is 0 Å². The number of rotatable bonds is 3. The van der Waals surface area contributed by atoms with E-state index in [4.69, 9.17) is 9.47 Å². The predicted molar refractivity (Wildman–Crippen MR) is 140 cm³/mol. The zero-order valence-electron chi connectivity index (χ0n) is 20.9. The van der Waals surface area contributed by atoms with Gasteiger partial charge in [-0.05, 0) is 29.8 Å². The first kappa shape index (κ1) is 25.7. The molecule has 0 radical (unpaired) electrons. The Morgan fingerprint density at radius 1 is 0.488 bits per heavy atom. The van der Waals surface area contributed by atoms with E-state index in [-0.39, 0.29) is 45.4 Å². The quantitative estimate of drug-likeness (QED) is 0.191. The summed E-state index contributed by atoms with van der Waals surface area (Å²) in [6, 6.07) is 13.3. The van der Waals surface area contributed by atoms with Gasteiger partial charge in [-0.25, -0.2) is 0 Å². The summed E-state index contributed by atoms with van der Waals surface area (Å²) < 4.78 is 12.2. The number of fused-ring (bicyclic) bond motifs is 2. The third kappa shape index (κ3) is 4.15. The number of aromatic hydroxyl groups is 7. The average Bonchev–Trinajstić information content (AvgIpc) is 2.88. The summed E-state index contributed by atoms with van der Waals surface area (Å²) in [4.78, 5) is 28.5. The summed E-state index contributed by atoms with van der Waals surface area (Å²) in [5, 5.41) is 71.9. The molecule has 0 unspecified atom stereocenters. The number of ketones is 2. The monoisotopic (exact) mass is 558 g/mol. The Balaban J connectivity index is 1.61. The van der Waals surface area contributed by atoms with Crippen LogP contribution in [0.5, 0.6) is 51.7 Å². The van der Waals surface area contributed by atoms with Crippen molar-refractivity contribution < 1.29 is 54.8 Å². The molecular formula is C30H22O11. The number of Topliss-reactive ketones (excluding diaryl/α,β-unsaturated/α-hetero) is 2. The first-order chi connectivity index (χ1) is 19.5. The van der Waals surface area contributed by atoms with Crippen LogP contribution in [0.25, 0.3) is 0 Å². The van der Waals surface area contributed by atoms with Gasteiger partial charge in [0.25, 0.3) is 0 Å². The number of phenolic OH excluding ortho intramolecular Hbond substituents is 7. The lowest BCUT2D eigenvalue weighted by atomic mass is 9.69. The van der Waals surface area contributed by atoms with Gasteiger partial charge in [0.1, 0.15) is 75.1 Å². The minimum Gasteiger partial charge on any atom is -0.508 e. The number of benzene rings is 4. The molecule has 4 aromatic carbocycles. The molecule has 0 saturated carbocycles. The minimum absolute atomic E-state index is 0.00705. The van der Waals surface area contributed by atoms with Gasteiger partial charge in [0.05, 0.1) is 11.8 Å². The number of carbonyl (C=O) groups excluding carboxylic acids is 2. The summed E-state index contributed by atoms with van der Waals surface area (Å²) in [7, 11) is 0. The van der Waals surface area contributed by atoms with Crippen LogP contribution in [0.2, 0.25) is 0 Å².